The van der Waals surface area contributed by atoms with Crippen LogP contribution >= 0.6 is 0 Å². The molecule has 0 fully saturated rings. The molecular weight excluding hydrogens is 192 g/mol. The Hall–Kier alpha value is -1.55. The SMILES string of the molecule is CN(C)c1ccc([C@@H]([NH3+])CC(=O)[O-])cc1. The quantitative estimate of drug-likeness (QED) is 0.702. The third-order valence-corrected chi connectivity index (χ3v) is 2.29. The number of aliphatic carboxylic acids is 1. The summed E-state index contributed by atoms with van der Waals surface area (Å²) in [6.07, 6.45) is -0.0404. The number of hydrogen-bond donors (Lipinski definition) is 1. The Bertz CT molecular complexity index is 333. The number of carbonyl (C=O) groups is 1. The van der Waals surface area contributed by atoms with Gasteiger partial charge < -0.3 is 20.5 Å². The van der Waals surface area contributed by atoms with E-state index in [1.807, 2.05) is 43.3 Å². The lowest BCUT2D eigenvalue weighted by Crippen LogP contribution is -2.55. The maximum Gasteiger partial charge on any atom is 0.115 e. The van der Waals surface area contributed by atoms with Crippen LogP contribution in [0.25, 0.3) is 0 Å². The summed E-state index contributed by atoms with van der Waals surface area (Å²) in [6, 6.07) is 7.45. The minimum absolute atomic E-state index is 0.0404. The molecule has 0 amide bonds. The highest BCUT2D eigenvalue weighted by molar-refractivity contribution is 5.65. The molecule has 82 valence electrons. The first-order valence-corrected chi connectivity index (χ1v) is 4.81. The standard InChI is InChI=1S/C11H16N2O2/c1-13(2)9-5-3-8(4-6-9)10(12)7-11(14)15/h3-6,10H,7,12H2,1-2H3,(H,14,15)/t10-/m0/s1. The molecule has 0 aliphatic carbocycles. The van der Waals surface area contributed by atoms with Gasteiger partial charge in [0.15, 0.2) is 0 Å². The molecule has 0 radical (unpaired) electrons. The van der Waals surface area contributed by atoms with E-state index < -0.39 is 5.97 Å². The van der Waals surface area contributed by atoms with Gasteiger partial charge in [0.1, 0.15) is 6.04 Å². The zero-order valence-corrected chi connectivity index (χ0v) is 9.06. The Morgan fingerprint density at radius 2 is 1.93 bits per heavy atom. The Morgan fingerprint density at radius 3 is 2.33 bits per heavy atom. The van der Waals surface area contributed by atoms with Gasteiger partial charge in [-0.25, -0.2) is 0 Å². The number of nitrogens with zero attached hydrogens (tertiary/aromatic N) is 1. The summed E-state index contributed by atoms with van der Waals surface area (Å²) in [7, 11) is 3.91. The van der Waals surface area contributed by atoms with Crippen molar-refractivity contribution in [3.63, 3.8) is 0 Å². The van der Waals surface area contributed by atoms with Crippen LogP contribution in [0.2, 0.25) is 0 Å². The first-order chi connectivity index (χ1) is 7.00. The molecule has 4 nitrogen and oxygen atoms in total. The van der Waals surface area contributed by atoms with Crippen molar-refractivity contribution in [3.05, 3.63) is 29.8 Å². The summed E-state index contributed by atoms with van der Waals surface area (Å²) in [4.78, 5) is 12.4. The molecule has 0 aromatic heterocycles. The van der Waals surface area contributed by atoms with Gasteiger partial charge in [-0.1, -0.05) is 12.1 Å². The second-order valence-corrected chi connectivity index (χ2v) is 3.76. The lowest BCUT2D eigenvalue weighted by Gasteiger charge is -2.14. The molecule has 0 unspecified atom stereocenters. The third kappa shape index (κ3) is 3.25. The average molecular weight is 208 g/mol. The Labute approximate surface area is 89.3 Å². The van der Waals surface area contributed by atoms with Gasteiger partial charge in [0.2, 0.25) is 0 Å². The first kappa shape index (κ1) is 11.5. The van der Waals surface area contributed by atoms with E-state index in [2.05, 4.69) is 5.73 Å². The van der Waals surface area contributed by atoms with Gasteiger partial charge in [-0.05, 0) is 12.1 Å². The van der Waals surface area contributed by atoms with Crippen molar-refractivity contribution < 1.29 is 15.6 Å². The predicted molar refractivity (Wildman–Crippen MR) is 56.0 cm³/mol. The molecule has 0 aliphatic rings. The predicted octanol–water partition coefficient (Wildman–Crippen LogP) is -0.824. The van der Waals surface area contributed by atoms with Crippen LogP contribution in [0, 0.1) is 0 Å². The number of carboxylic acids is 1. The van der Waals surface area contributed by atoms with E-state index in [0.717, 1.165) is 11.3 Å². The van der Waals surface area contributed by atoms with Crippen molar-refractivity contribution >= 4 is 11.7 Å². The summed E-state index contributed by atoms with van der Waals surface area (Å²) in [5.74, 6) is -1.06. The molecule has 1 atom stereocenters. The fraction of sp³-hybridized carbons (Fsp3) is 0.364. The zero-order chi connectivity index (χ0) is 11.4. The van der Waals surface area contributed by atoms with Crippen LogP contribution < -0.4 is 15.7 Å². The van der Waals surface area contributed by atoms with Gasteiger partial charge >= 0.3 is 0 Å². The van der Waals surface area contributed by atoms with Crippen LogP contribution in [0.5, 0.6) is 0 Å². The molecule has 0 spiro atoms. The Kier molecular flexibility index (Phi) is 3.68. The summed E-state index contributed by atoms with van der Waals surface area (Å²) in [5, 5.41) is 10.4. The summed E-state index contributed by atoms with van der Waals surface area (Å²) < 4.78 is 0. The van der Waals surface area contributed by atoms with E-state index in [1.54, 1.807) is 0 Å². The van der Waals surface area contributed by atoms with Crippen LogP contribution in [-0.2, 0) is 4.79 Å². The maximum atomic E-state index is 10.4. The second-order valence-electron chi connectivity index (χ2n) is 3.76. The van der Waals surface area contributed by atoms with Crippen molar-refractivity contribution in [2.24, 2.45) is 0 Å². The number of quaternary nitrogens is 1. The number of hydrogen-bond acceptors (Lipinski definition) is 3. The number of anilines is 1. The van der Waals surface area contributed by atoms with Gasteiger partial charge in [-0.3, -0.25) is 0 Å². The monoisotopic (exact) mass is 208 g/mol. The van der Waals surface area contributed by atoms with E-state index in [-0.39, 0.29) is 12.5 Å². The maximum absolute atomic E-state index is 10.4. The molecule has 0 bridgehead atoms. The lowest BCUT2D eigenvalue weighted by atomic mass is 10.0. The minimum atomic E-state index is -1.06. The van der Waals surface area contributed by atoms with E-state index in [1.165, 1.54) is 0 Å². The van der Waals surface area contributed by atoms with Gasteiger partial charge in [-0.15, -0.1) is 0 Å². The summed E-state index contributed by atoms with van der Waals surface area (Å²) in [6.45, 7) is 0. The van der Waals surface area contributed by atoms with Crippen molar-refractivity contribution in [2.45, 2.75) is 12.5 Å². The average Bonchev–Trinajstić information content (AvgIpc) is 2.17. The largest absolute Gasteiger partial charge is 0.550 e. The fourth-order valence-corrected chi connectivity index (χ4v) is 1.36. The number of carbonyl (C=O) groups excluding carboxylic acids is 1. The van der Waals surface area contributed by atoms with E-state index in [4.69, 9.17) is 0 Å². The van der Waals surface area contributed by atoms with Crippen LogP contribution in [0.3, 0.4) is 0 Å². The normalized spacial score (nSPS) is 12.2. The van der Waals surface area contributed by atoms with Gasteiger partial charge in [0.25, 0.3) is 0 Å². The van der Waals surface area contributed by atoms with Crippen LogP contribution in [-0.4, -0.2) is 20.1 Å². The number of carboxylic acid groups (broad SMARTS) is 1. The Morgan fingerprint density at radius 1 is 1.40 bits per heavy atom. The van der Waals surface area contributed by atoms with Crippen molar-refractivity contribution in [1.29, 1.82) is 0 Å². The fourth-order valence-electron chi connectivity index (χ4n) is 1.36. The zero-order valence-electron chi connectivity index (χ0n) is 9.06. The number of benzene rings is 1. The molecule has 0 saturated carbocycles. The molecule has 3 N–H and O–H groups in total. The van der Waals surface area contributed by atoms with E-state index in [0.29, 0.717) is 0 Å². The molecule has 1 aromatic carbocycles. The Balaban J connectivity index is 2.75. The highest BCUT2D eigenvalue weighted by atomic mass is 16.4. The molecule has 0 aliphatic heterocycles. The van der Waals surface area contributed by atoms with E-state index >= 15 is 0 Å². The highest BCUT2D eigenvalue weighted by Gasteiger charge is 2.09. The molecule has 1 aromatic rings. The van der Waals surface area contributed by atoms with Crippen LogP contribution in [0.15, 0.2) is 24.3 Å². The molecular formula is C11H16N2O2. The lowest BCUT2D eigenvalue weighted by molar-refractivity contribution is -0.430. The number of rotatable bonds is 4. The first-order valence-electron chi connectivity index (χ1n) is 4.81. The van der Waals surface area contributed by atoms with Crippen molar-refractivity contribution in [3.8, 4) is 0 Å². The van der Waals surface area contributed by atoms with Crippen LogP contribution in [0.4, 0.5) is 5.69 Å². The topological polar surface area (TPSA) is 71.0 Å². The second kappa shape index (κ2) is 4.79. The van der Waals surface area contributed by atoms with Crippen LogP contribution in [0.1, 0.15) is 18.0 Å². The van der Waals surface area contributed by atoms with Gasteiger partial charge in [0.05, 0.1) is 0 Å². The molecule has 4 heteroatoms. The molecule has 15 heavy (non-hydrogen) atoms. The molecule has 0 saturated heterocycles. The van der Waals surface area contributed by atoms with Gasteiger partial charge in [0, 0.05) is 37.7 Å². The minimum Gasteiger partial charge on any atom is -0.550 e. The summed E-state index contributed by atoms with van der Waals surface area (Å²) >= 11 is 0. The van der Waals surface area contributed by atoms with Crippen molar-refractivity contribution in [2.75, 3.05) is 19.0 Å². The summed E-state index contributed by atoms with van der Waals surface area (Å²) in [5.41, 5.74) is 5.79. The van der Waals surface area contributed by atoms with E-state index in [9.17, 15) is 9.90 Å². The van der Waals surface area contributed by atoms with Gasteiger partial charge in [-0.2, -0.15) is 0 Å². The third-order valence-electron chi connectivity index (χ3n) is 2.29. The van der Waals surface area contributed by atoms with Crippen molar-refractivity contribution in [1.82, 2.24) is 0 Å². The highest BCUT2D eigenvalue weighted by Crippen LogP contribution is 2.16. The smallest absolute Gasteiger partial charge is 0.115 e. The molecule has 0 heterocycles. The molecule has 1 rings (SSSR count).